The molecule has 0 nitrogen and oxygen atoms in total. The van der Waals surface area contributed by atoms with E-state index in [-0.39, 0.29) is 0 Å². The normalized spacial score (nSPS) is 15.7. The van der Waals surface area contributed by atoms with Crippen molar-refractivity contribution in [1.82, 2.24) is 0 Å². The Morgan fingerprint density at radius 1 is 0.480 bits per heavy atom. The fourth-order valence-corrected chi connectivity index (χ4v) is 1.02. The lowest BCUT2D eigenvalue weighted by atomic mass is 9.90. The maximum absolute atomic E-state index is 12.8. The SMILES string of the molecule is F[B-](F)(F)C#CC(F)(F)C(F)(F)C(F)(F)C(F)(F)C(F)(F)C(F)(F)F. The molecule has 0 fully saturated rings. The van der Waals surface area contributed by atoms with E-state index in [9.17, 15) is 70.0 Å². The van der Waals surface area contributed by atoms with E-state index in [1.54, 1.807) is 0 Å². The second kappa shape index (κ2) is 5.76. The molecule has 0 N–H and O–H groups in total. The molecule has 0 aliphatic rings. The Hall–Kier alpha value is -1.50. The Morgan fingerprint density at radius 2 is 0.800 bits per heavy atom. The number of halogens is 16. The number of rotatable bonds is 4. The number of hydrogen-bond acceptors (Lipinski definition) is 0. The van der Waals surface area contributed by atoms with Crippen LogP contribution in [0.5, 0.6) is 0 Å². The van der Waals surface area contributed by atoms with Gasteiger partial charge in [0.25, 0.3) is 0 Å². The van der Waals surface area contributed by atoms with Gasteiger partial charge in [0, 0.05) is 0 Å². The quantitative estimate of drug-likeness (QED) is 0.343. The predicted octanol–water partition coefficient (Wildman–Crippen LogP) is 5.12. The van der Waals surface area contributed by atoms with Gasteiger partial charge in [0.15, 0.2) is 0 Å². The first-order valence-electron chi connectivity index (χ1n) is 5.15. The molecule has 0 aliphatic carbocycles. The monoisotopic (exact) mass is 411 g/mol. The molecular weight excluding hydrogens is 411 g/mol. The van der Waals surface area contributed by atoms with E-state index < -0.39 is 54.5 Å². The molecule has 148 valence electrons. The van der Waals surface area contributed by atoms with Gasteiger partial charge < -0.3 is 12.9 Å². The van der Waals surface area contributed by atoms with Crippen LogP contribution in [0.15, 0.2) is 0 Å². The van der Waals surface area contributed by atoms with Crippen molar-refractivity contribution in [2.45, 2.75) is 35.8 Å². The van der Waals surface area contributed by atoms with Gasteiger partial charge in [-0.1, -0.05) is 5.92 Å². The number of hydrogen-bond donors (Lipinski definition) is 0. The zero-order valence-electron chi connectivity index (χ0n) is 10.6. The van der Waals surface area contributed by atoms with Crippen molar-refractivity contribution in [3.05, 3.63) is 0 Å². The maximum Gasteiger partial charge on any atom is 0.558 e. The van der Waals surface area contributed by atoms with Crippen LogP contribution in [-0.2, 0) is 0 Å². The summed E-state index contributed by atoms with van der Waals surface area (Å²) in [6.07, 6.45) is -7.59. The van der Waals surface area contributed by atoms with Gasteiger partial charge in [-0.05, 0) is 0 Å². The van der Waals surface area contributed by atoms with Crippen molar-refractivity contribution < 1.29 is 70.0 Å². The van der Waals surface area contributed by atoms with Crippen LogP contribution >= 0.6 is 0 Å². The second-order valence-corrected chi connectivity index (χ2v) is 4.21. The summed E-state index contributed by atoms with van der Waals surface area (Å²) in [4.78, 5) is 0. The highest BCUT2D eigenvalue weighted by molar-refractivity contribution is 6.67. The highest BCUT2D eigenvalue weighted by Crippen LogP contribution is 2.60. The summed E-state index contributed by atoms with van der Waals surface area (Å²) in [5.41, 5.74) is 0. The molecule has 25 heavy (non-hydrogen) atoms. The Morgan fingerprint density at radius 3 is 1.08 bits per heavy atom. The molecule has 0 amide bonds. The van der Waals surface area contributed by atoms with Crippen LogP contribution in [0.1, 0.15) is 0 Å². The van der Waals surface area contributed by atoms with Crippen LogP contribution in [0.4, 0.5) is 70.0 Å². The highest BCUT2D eigenvalue weighted by Gasteiger charge is 2.90. The fraction of sp³-hybridized carbons (Fsp3) is 0.750. The summed E-state index contributed by atoms with van der Waals surface area (Å²) in [5, 5.41) is 0. The van der Waals surface area contributed by atoms with Crippen molar-refractivity contribution in [3.63, 3.8) is 0 Å². The van der Waals surface area contributed by atoms with Gasteiger partial charge in [0.05, 0.1) is 0 Å². The van der Waals surface area contributed by atoms with Gasteiger partial charge in [0.2, 0.25) is 0 Å². The lowest BCUT2D eigenvalue weighted by Crippen LogP contribution is -2.69. The third kappa shape index (κ3) is 3.71. The van der Waals surface area contributed by atoms with E-state index in [0.717, 1.165) is 0 Å². The van der Waals surface area contributed by atoms with Crippen LogP contribution in [0.2, 0.25) is 0 Å². The van der Waals surface area contributed by atoms with E-state index in [1.807, 2.05) is 0 Å². The van der Waals surface area contributed by atoms with Gasteiger partial charge >= 0.3 is 42.8 Å². The zero-order chi connectivity index (χ0) is 20.9. The van der Waals surface area contributed by atoms with Gasteiger partial charge in [-0.25, -0.2) is 0 Å². The summed E-state index contributed by atoms with van der Waals surface area (Å²) in [6, 6.07) is 0. The molecule has 0 saturated carbocycles. The van der Waals surface area contributed by atoms with Crippen LogP contribution < -0.4 is 0 Å². The highest BCUT2D eigenvalue weighted by atomic mass is 19.4. The minimum atomic E-state index is -8.17. The minimum absolute atomic E-state index is 0.645. The molecule has 0 bridgehead atoms. The molecule has 0 heterocycles. The van der Waals surface area contributed by atoms with E-state index in [0.29, 0.717) is 0 Å². The Balaban J connectivity index is 6.34. The lowest BCUT2D eigenvalue weighted by molar-refractivity contribution is -0.435. The third-order valence-electron chi connectivity index (χ3n) is 2.33. The van der Waals surface area contributed by atoms with Gasteiger partial charge in [-0.3, -0.25) is 0 Å². The Labute approximate surface area is 126 Å². The maximum atomic E-state index is 12.8. The molecule has 0 unspecified atom stereocenters. The summed E-state index contributed by atoms with van der Waals surface area (Å²) < 4.78 is 196. The average molecular weight is 411 g/mol. The van der Waals surface area contributed by atoms with Crippen LogP contribution in [-0.4, -0.2) is 42.8 Å². The first-order valence-corrected chi connectivity index (χ1v) is 5.15. The molecule has 17 heteroatoms. The van der Waals surface area contributed by atoms with Gasteiger partial charge in [0.1, 0.15) is 0 Å². The predicted molar refractivity (Wildman–Crippen MR) is 47.6 cm³/mol. The third-order valence-corrected chi connectivity index (χ3v) is 2.33. The smallest absolute Gasteiger partial charge is 0.438 e. The van der Waals surface area contributed by atoms with E-state index in [2.05, 4.69) is 0 Å². The molecule has 0 rings (SSSR count). The standard InChI is InChI=1S/C8BF16/c10-3(11,1-2-9(23,24)25)4(12,13)5(14,15)6(16,17)7(18,19)8(20,21)22/q-1. The Bertz CT molecular complexity index is 553. The van der Waals surface area contributed by atoms with Crippen LogP contribution in [0, 0.1) is 11.7 Å². The van der Waals surface area contributed by atoms with E-state index >= 15 is 0 Å². The van der Waals surface area contributed by atoms with Crippen molar-refractivity contribution in [1.29, 1.82) is 0 Å². The summed E-state index contributed by atoms with van der Waals surface area (Å²) in [6.45, 7) is -6.67. The average Bonchev–Trinajstić information content (AvgIpc) is 2.33. The molecular formula is C8BF16-. The van der Waals surface area contributed by atoms with Crippen molar-refractivity contribution in [3.8, 4) is 11.7 Å². The molecule has 0 atom stereocenters. The van der Waals surface area contributed by atoms with Gasteiger partial charge in [-0.15, -0.1) is 0 Å². The minimum Gasteiger partial charge on any atom is -0.438 e. The lowest BCUT2D eigenvalue weighted by Gasteiger charge is -2.38. The summed E-state index contributed by atoms with van der Waals surface area (Å²) in [7, 11) is 0. The molecule has 0 aromatic rings. The van der Waals surface area contributed by atoms with E-state index in [1.165, 1.54) is 0 Å². The van der Waals surface area contributed by atoms with Gasteiger partial charge in [-0.2, -0.15) is 62.9 Å². The zero-order valence-corrected chi connectivity index (χ0v) is 10.6. The first-order chi connectivity index (χ1) is 10.5. The van der Waals surface area contributed by atoms with Crippen LogP contribution in [0.3, 0.4) is 0 Å². The topological polar surface area (TPSA) is 0 Å². The molecule has 0 spiro atoms. The Kier molecular flexibility index (Phi) is 5.42. The molecule has 0 aromatic carbocycles. The summed E-state index contributed by atoms with van der Waals surface area (Å²) >= 11 is 0. The van der Waals surface area contributed by atoms with Crippen molar-refractivity contribution >= 4 is 6.98 Å². The van der Waals surface area contributed by atoms with Crippen molar-refractivity contribution in [2.75, 3.05) is 0 Å². The van der Waals surface area contributed by atoms with Crippen molar-refractivity contribution in [2.24, 2.45) is 0 Å². The molecule has 0 aliphatic heterocycles. The van der Waals surface area contributed by atoms with E-state index in [4.69, 9.17) is 0 Å². The fourth-order valence-electron chi connectivity index (χ4n) is 1.02. The second-order valence-electron chi connectivity index (χ2n) is 4.21. The molecule has 0 radical (unpaired) electrons. The molecule has 0 aromatic heterocycles. The molecule has 0 saturated heterocycles. The summed E-state index contributed by atoms with van der Waals surface area (Å²) in [5.74, 6) is -40.7. The van der Waals surface area contributed by atoms with Crippen LogP contribution in [0.25, 0.3) is 0 Å². The largest absolute Gasteiger partial charge is 0.558 e. The number of alkyl halides is 13. The first kappa shape index (κ1) is 23.5.